The lowest BCUT2D eigenvalue weighted by molar-refractivity contribution is 0.385. The largest absolute Gasteiger partial charge is 0.494 e. The van der Waals surface area contributed by atoms with Crippen LogP contribution in [-0.4, -0.2) is 13.4 Å². The second-order valence-electron chi connectivity index (χ2n) is 2.46. The molecule has 0 bridgehead atoms. The zero-order valence-corrected chi connectivity index (χ0v) is 8.17. The van der Waals surface area contributed by atoms with Crippen molar-refractivity contribution >= 4 is 11.8 Å². The van der Waals surface area contributed by atoms with Crippen molar-refractivity contribution in [2.75, 3.05) is 13.4 Å². The molecule has 0 atom stereocenters. The average Bonchev–Trinajstić information content (AvgIpc) is 2.08. The average molecular weight is 186 g/mol. The summed E-state index contributed by atoms with van der Waals surface area (Å²) in [7, 11) is 1.47. The van der Waals surface area contributed by atoms with E-state index in [-0.39, 0.29) is 5.82 Å². The summed E-state index contributed by atoms with van der Waals surface area (Å²) in [5.41, 5.74) is 1.04. The Hall–Kier alpha value is -0.700. The SMILES string of the molecule is COc1cc(C)c(SC)cc1F. The zero-order valence-electron chi connectivity index (χ0n) is 7.35. The molecular weight excluding hydrogens is 175 g/mol. The van der Waals surface area contributed by atoms with Crippen LogP contribution >= 0.6 is 11.8 Å². The van der Waals surface area contributed by atoms with Gasteiger partial charge in [-0.1, -0.05) is 0 Å². The number of hydrogen-bond donors (Lipinski definition) is 0. The van der Waals surface area contributed by atoms with E-state index in [0.29, 0.717) is 5.75 Å². The topological polar surface area (TPSA) is 9.23 Å². The van der Waals surface area contributed by atoms with E-state index >= 15 is 0 Å². The van der Waals surface area contributed by atoms with Crippen molar-refractivity contribution in [3.05, 3.63) is 23.5 Å². The minimum atomic E-state index is -0.299. The summed E-state index contributed by atoms with van der Waals surface area (Å²) in [6, 6.07) is 3.21. The molecule has 0 saturated carbocycles. The van der Waals surface area contributed by atoms with Crippen LogP contribution in [-0.2, 0) is 0 Å². The highest BCUT2D eigenvalue weighted by Gasteiger charge is 2.05. The third kappa shape index (κ3) is 1.72. The number of aryl methyl sites for hydroxylation is 1. The van der Waals surface area contributed by atoms with E-state index in [1.165, 1.54) is 24.9 Å². The predicted molar refractivity (Wildman–Crippen MR) is 49.5 cm³/mol. The zero-order chi connectivity index (χ0) is 9.14. The van der Waals surface area contributed by atoms with Crippen LogP contribution in [0.15, 0.2) is 17.0 Å². The molecule has 0 N–H and O–H groups in total. The highest BCUT2D eigenvalue weighted by atomic mass is 32.2. The van der Waals surface area contributed by atoms with Gasteiger partial charge in [0.25, 0.3) is 0 Å². The standard InChI is InChI=1S/C9H11FOS/c1-6-4-8(11-2)7(10)5-9(6)12-3/h4-5H,1-3H3. The Morgan fingerprint density at radius 3 is 2.58 bits per heavy atom. The van der Waals surface area contributed by atoms with E-state index in [0.717, 1.165) is 10.5 Å². The van der Waals surface area contributed by atoms with Gasteiger partial charge in [-0.05, 0) is 30.9 Å². The van der Waals surface area contributed by atoms with Crippen molar-refractivity contribution < 1.29 is 9.13 Å². The van der Waals surface area contributed by atoms with Gasteiger partial charge in [-0.15, -0.1) is 11.8 Å². The maximum Gasteiger partial charge on any atom is 0.166 e. The number of hydrogen-bond acceptors (Lipinski definition) is 2. The minimum absolute atomic E-state index is 0.299. The van der Waals surface area contributed by atoms with Gasteiger partial charge in [-0.25, -0.2) is 4.39 Å². The first kappa shape index (κ1) is 9.39. The van der Waals surface area contributed by atoms with E-state index in [4.69, 9.17) is 4.74 Å². The van der Waals surface area contributed by atoms with E-state index in [1.807, 2.05) is 13.2 Å². The summed E-state index contributed by atoms with van der Waals surface area (Å²) in [4.78, 5) is 0.952. The molecule has 0 fully saturated rings. The molecule has 0 aromatic heterocycles. The number of rotatable bonds is 2. The molecule has 3 heteroatoms. The molecule has 0 saturated heterocycles. The smallest absolute Gasteiger partial charge is 0.166 e. The lowest BCUT2D eigenvalue weighted by atomic mass is 10.2. The summed E-state index contributed by atoms with van der Waals surface area (Å²) in [5, 5.41) is 0. The summed E-state index contributed by atoms with van der Waals surface area (Å²) in [5.74, 6) is 0.0118. The Labute approximate surface area is 75.9 Å². The van der Waals surface area contributed by atoms with Crippen LogP contribution in [0.2, 0.25) is 0 Å². The fourth-order valence-electron chi connectivity index (χ4n) is 1.01. The lowest BCUT2D eigenvalue weighted by Crippen LogP contribution is -1.90. The maximum atomic E-state index is 13.1. The maximum absolute atomic E-state index is 13.1. The Balaban J connectivity index is 3.16. The Bertz CT molecular complexity index is 256. The molecule has 1 rings (SSSR count). The van der Waals surface area contributed by atoms with Crippen molar-refractivity contribution in [3.63, 3.8) is 0 Å². The van der Waals surface area contributed by atoms with E-state index in [1.54, 1.807) is 6.07 Å². The molecule has 0 aliphatic carbocycles. The molecule has 12 heavy (non-hydrogen) atoms. The van der Waals surface area contributed by atoms with Gasteiger partial charge in [-0.2, -0.15) is 0 Å². The Morgan fingerprint density at radius 2 is 2.08 bits per heavy atom. The second kappa shape index (κ2) is 3.81. The first-order valence-corrected chi connectivity index (χ1v) is 4.79. The molecule has 0 aliphatic rings. The highest BCUT2D eigenvalue weighted by Crippen LogP contribution is 2.27. The van der Waals surface area contributed by atoms with Gasteiger partial charge in [0.1, 0.15) is 0 Å². The number of thioether (sulfide) groups is 1. The number of benzene rings is 1. The van der Waals surface area contributed by atoms with E-state index in [9.17, 15) is 4.39 Å². The fourth-order valence-corrected chi connectivity index (χ4v) is 1.62. The van der Waals surface area contributed by atoms with Gasteiger partial charge in [0.2, 0.25) is 0 Å². The quantitative estimate of drug-likeness (QED) is 0.657. The Morgan fingerprint density at radius 1 is 1.42 bits per heavy atom. The van der Waals surface area contributed by atoms with Crippen LogP contribution in [0.4, 0.5) is 4.39 Å². The molecule has 1 nitrogen and oxygen atoms in total. The summed E-state index contributed by atoms with van der Waals surface area (Å²) in [6.45, 7) is 1.94. The molecule has 1 aromatic carbocycles. The number of methoxy groups -OCH3 is 1. The lowest BCUT2D eigenvalue weighted by Gasteiger charge is -2.06. The van der Waals surface area contributed by atoms with Gasteiger partial charge in [0.15, 0.2) is 11.6 Å². The van der Waals surface area contributed by atoms with Crippen molar-refractivity contribution in [2.24, 2.45) is 0 Å². The third-order valence-electron chi connectivity index (χ3n) is 1.67. The van der Waals surface area contributed by atoms with Crippen LogP contribution in [0, 0.1) is 12.7 Å². The summed E-state index contributed by atoms with van der Waals surface area (Å²) >= 11 is 1.53. The van der Waals surface area contributed by atoms with Crippen molar-refractivity contribution in [1.29, 1.82) is 0 Å². The highest BCUT2D eigenvalue weighted by molar-refractivity contribution is 7.98. The van der Waals surface area contributed by atoms with Gasteiger partial charge in [0, 0.05) is 4.90 Å². The van der Waals surface area contributed by atoms with Crippen LogP contribution < -0.4 is 4.74 Å². The molecule has 1 aromatic rings. The fraction of sp³-hybridized carbons (Fsp3) is 0.333. The molecule has 0 spiro atoms. The van der Waals surface area contributed by atoms with E-state index < -0.39 is 0 Å². The van der Waals surface area contributed by atoms with Crippen LogP contribution in [0.5, 0.6) is 5.75 Å². The molecular formula is C9H11FOS. The van der Waals surface area contributed by atoms with Gasteiger partial charge in [0.05, 0.1) is 7.11 Å². The molecule has 0 amide bonds. The second-order valence-corrected chi connectivity index (χ2v) is 3.30. The third-order valence-corrected chi connectivity index (χ3v) is 2.55. The van der Waals surface area contributed by atoms with Crippen molar-refractivity contribution in [1.82, 2.24) is 0 Å². The Kier molecular flexibility index (Phi) is 2.98. The normalized spacial score (nSPS) is 10.0. The first-order chi connectivity index (χ1) is 5.69. The summed E-state index contributed by atoms with van der Waals surface area (Å²) in [6.07, 6.45) is 1.92. The molecule has 0 aliphatic heterocycles. The molecule has 0 heterocycles. The molecule has 0 unspecified atom stereocenters. The minimum Gasteiger partial charge on any atom is -0.494 e. The van der Waals surface area contributed by atoms with Crippen LogP contribution in [0.1, 0.15) is 5.56 Å². The predicted octanol–water partition coefficient (Wildman–Crippen LogP) is 2.86. The van der Waals surface area contributed by atoms with Crippen molar-refractivity contribution in [3.8, 4) is 5.75 Å². The van der Waals surface area contributed by atoms with Crippen LogP contribution in [0.3, 0.4) is 0 Å². The molecule has 66 valence electrons. The number of halogens is 1. The van der Waals surface area contributed by atoms with Gasteiger partial charge < -0.3 is 4.74 Å². The summed E-state index contributed by atoms with van der Waals surface area (Å²) < 4.78 is 17.9. The van der Waals surface area contributed by atoms with Crippen LogP contribution in [0.25, 0.3) is 0 Å². The monoisotopic (exact) mass is 186 g/mol. The first-order valence-electron chi connectivity index (χ1n) is 3.57. The van der Waals surface area contributed by atoms with Gasteiger partial charge in [-0.3, -0.25) is 0 Å². The van der Waals surface area contributed by atoms with E-state index in [2.05, 4.69) is 0 Å². The van der Waals surface area contributed by atoms with Crippen molar-refractivity contribution in [2.45, 2.75) is 11.8 Å². The van der Waals surface area contributed by atoms with Gasteiger partial charge >= 0.3 is 0 Å². The molecule has 0 radical (unpaired) electrons. The number of ether oxygens (including phenoxy) is 1.